The number of rotatable bonds is 4. The Balaban J connectivity index is 2.32. The molecule has 1 saturated heterocycles. The van der Waals surface area contributed by atoms with E-state index in [4.69, 9.17) is 28.9 Å². The molecular formula is C11H14Cl2N2O4S2. The van der Waals surface area contributed by atoms with Crippen molar-refractivity contribution < 1.29 is 16.8 Å². The Kier molecular flexibility index (Phi) is 4.87. The molecule has 0 saturated carbocycles. The van der Waals surface area contributed by atoms with Crippen molar-refractivity contribution in [1.82, 2.24) is 4.72 Å². The minimum absolute atomic E-state index is 0.0252. The van der Waals surface area contributed by atoms with E-state index in [1.807, 2.05) is 0 Å². The maximum atomic E-state index is 12.3. The van der Waals surface area contributed by atoms with Crippen molar-refractivity contribution in [3.05, 3.63) is 27.7 Å². The van der Waals surface area contributed by atoms with Gasteiger partial charge >= 0.3 is 0 Å². The van der Waals surface area contributed by atoms with E-state index in [2.05, 4.69) is 4.72 Å². The zero-order chi connectivity index (χ0) is 15.8. The number of sulfonamides is 1. The molecule has 1 fully saturated rings. The van der Waals surface area contributed by atoms with Crippen molar-refractivity contribution >= 4 is 43.1 Å². The van der Waals surface area contributed by atoms with Crippen molar-refractivity contribution in [3.63, 3.8) is 0 Å². The van der Waals surface area contributed by atoms with Gasteiger partial charge in [-0.2, -0.15) is 0 Å². The number of nitrogens with one attached hydrogen (secondary N) is 1. The molecule has 1 aromatic carbocycles. The van der Waals surface area contributed by atoms with E-state index in [-0.39, 0.29) is 39.4 Å². The van der Waals surface area contributed by atoms with Gasteiger partial charge in [0, 0.05) is 17.6 Å². The van der Waals surface area contributed by atoms with Gasteiger partial charge in [-0.25, -0.2) is 21.6 Å². The zero-order valence-electron chi connectivity index (χ0n) is 10.8. The lowest BCUT2D eigenvalue weighted by Gasteiger charge is -2.14. The van der Waals surface area contributed by atoms with Gasteiger partial charge in [0.1, 0.15) is 4.90 Å². The molecule has 1 atom stereocenters. The molecular weight excluding hydrogens is 359 g/mol. The first-order chi connectivity index (χ1) is 9.64. The van der Waals surface area contributed by atoms with Gasteiger partial charge in [0.05, 0.1) is 16.5 Å². The lowest BCUT2D eigenvalue weighted by atomic mass is 10.2. The fraction of sp³-hybridized carbons (Fsp3) is 0.455. The Morgan fingerprint density at radius 1 is 1.29 bits per heavy atom. The van der Waals surface area contributed by atoms with Crippen LogP contribution in [0.1, 0.15) is 12.0 Å². The maximum absolute atomic E-state index is 12.3. The van der Waals surface area contributed by atoms with Crippen LogP contribution in [0.5, 0.6) is 0 Å². The molecule has 0 radical (unpaired) electrons. The molecule has 3 N–H and O–H groups in total. The van der Waals surface area contributed by atoms with E-state index in [1.165, 1.54) is 12.1 Å². The highest BCUT2D eigenvalue weighted by atomic mass is 35.5. The molecule has 21 heavy (non-hydrogen) atoms. The fourth-order valence-corrected chi connectivity index (χ4v) is 6.03. The van der Waals surface area contributed by atoms with Crippen LogP contribution in [0, 0.1) is 0 Å². The first kappa shape index (κ1) is 17.0. The van der Waals surface area contributed by atoms with E-state index < -0.39 is 25.9 Å². The molecule has 0 bridgehead atoms. The van der Waals surface area contributed by atoms with E-state index >= 15 is 0 Å². The second-order valence-corrected chi connectivity index (χ2v) is 9.52. The van der Waals surface area contributed by atoms with Gasteiger partial charge in [-0.15, -0.1) is 0 Å². The molecule has 1 heterocycles. The van der Waals surface area contributed by atoms with Gasteiger partial charge in [-0.1, -0.05) is 23.2 Å². The summed E-state index contributed by atoms with van der Waals surface area (Å²) < 4.78 is 49.8. The molecule has 0 aliphatic carbocycles. The zero-order valence-corrected chi connectivity index (χ0v) is 14.0. The minimum Gasteiger partial charge on any atom is -0.326 e. The van der Waals surface area contributed by atoms with Crippen molar-refractivity contribution in [2.75, 3.05) is 11.5 Å². The predicted molar refractivity (Wildman–Crippen MR) is 81.7 cm³/mol. The normalized spacial score (nSPS) is 21.6. The fourth-order valence-electron chi connectivity index (χ4n) is 2.10. The summed E-state index contributed by atoms with van der Waals surface area (Å²) in [5.74, 6) is -0.232. The third kappa shape index (κ3) is 3.88. The van der Waals surface area contributed by atoms with Gasteiger partial charge in [0.25, 0.3) is 0 Å². The first-order valence-electron chi connectivity index (χ1n) is 6.05. The van der Waals surface area contributed by atoms with E-state index in [0.29, 0.717) is 5.56 Å². The number of hydrogen-bond acceptors (Lipinski definition) is 5. The Hall–Kier alpha value is -0.380. The van der Waals surface area contributed by atoms with Crippen LogP contribution in [0.4, 0.5) is 0 Å². The number of benzene rings is 1. The molecule has 0 aromatic heterocycles. The van der Waals surface area contributed by atoms with Gasteiger partial charge in [-0.05, 0) is 24.1 Å². The topological polar surface area (TPSA) is 106 Å². The summed E-state index contributed by atoms with van der Waals surface area (Å²) in [6.07, 6.45) is 0.247. The number of sulfone groups is 1. The molecule has 0 spiro atoms. The van der Waals surface area contributed by atoms with Crippen LogP contribution >= 0.6 is 23.2 Å². The van der Waals surface area contributed by atoms with E-state index in [9.17, 15) is 16.8 Å². The Labute approximate surface area is 133 Å². The summed E-state index contributed by atoms with van der Waals surface area (Å²) in [5, 5.41) is 0.246. The molecule has 10 heteroatoms. The molecule has 1 aromatic rings. The third-order valence-electron chi connectivity index (χ3n) is 3.16. The van der Waals surface area contributed by atoms with Crippen LogP contribution < -0.4 is 10.5 Å². The van der Waals surface area contributed by atoms with Crippen molar-refractivity contribution in [3.8, 4) is 0 Å². The summed E-state index contributed by atoms with van der Waals surface area (Å²) in [7, 11) is -7.12. The smallest absolute Gasteiger partial charge is 0.242 e. The number of halogens is 2. The molecule has 1 unspecified atom stereocenters. The summed E-state index contributed by atoms with van der Waals surface area (Å²) in [6.45, 7) is 0.0658. The van der Waals surface area contributed by atoms with Crippen LogP contribution in [-0.4, -0.2) is 34.4 Å². The Morgan fingerprint density at radius 2 is 1.95 bits per heavy atom. The first-order valence-corrected chi connectivity index (χ1v) is 10.1. The molecule has 2 rings (SSSR count). The Morgan fingerprint density at radius 3 is 2.48 bits per heavy atom. The average molecular weight is 373 g/mol. The van der Waals surface area contributed by atoms with Crippen LogP contribution in [-0.2, 0) is 26.4 Å². The van der Waals surface area contributed by atoms with Gasteiger partial charge in [-0.3, -0.25) is 0 Å². The molecule has 0 amide bonds. The molecule has 118 valence electrons. The number of nitrogens with two attached hydrogens (primary N) is 1. The lowest BCUT2D eigenvalue weighted by Crippen LogP contribution is -2.35. The molecule has 1 aliphatic rings. The van der Waals surface area contributed by atoms with Crippen LogP contribution in [0.3, 0.4) is 0 Å². The summed E-state index contributed by atoms with van der Waals surface area (Å²) >= 11 is 11.8. The monoisotopic (exact) mass is 372 g/mol. The highest BCUT2D eigenvalue weighted by Crippen LogP contribution is 2.29. The summed E-state index contributed by atoms with van der Waals surface area (Å²) in [5.41, 5.74) is 5.93. The largest absolute Gasteiger partial charge is 0.326 e. The van der Waals surface area contributed by atoms with E-state index in [1.54, 1.807) is 0 Å². The summed E-state index contributed by atoms with van der Waals surface area (Å²) in [6, 6.07) is 1.97. The lowest BCUT2D eigenvalue weighted by molar-refractivity contribution is 0.562. The van der Waals surface area contributed by atoms with Crippen molar-refractivity contribution in [2.45, 2.75) is 23.9 Å². The SMILES string of the molecule is NCc1cc(S(=O)(=O)NC2CCS(=O)(=O)C2)c(Cl)cc1Cl. The van der Waals surface area contributed by atoms with Gasteiger partial charge < -0.3 is 5.73 Å². The van der Waals surface area contributed by atoms with Gasteiger partial charge in [0.15, 0.2) is 9.84 Å². The average Bonchev–Trinajstić information content (AvgIpc) is 2.67. The predicted octanol–water partition coefficient (Wildman–Crippen LogP) is 0.917. The van der Waals surface area contributed by atoms with Crippen LogP contribution in [0.2, 0.25) is 10.0 Å². The minimum atomic E-state index is -3.93. The highest BCUT2D eigenvalue weighted by Gasteiger charge is 2.32. The molecule has 1 aliphatic heterocycles. The van der Waals surface area contributed by atoms with Crippen LogP contribution in [0.25, 0.3) is 0 Å². The third-order valence-corrected chi connectivity index (χ3v) is 7.27. The quantitative estimate of drug-likeness (QED) is 0.816. The van der Waals surface area contributed by atoms with Crippen molar-refractivity contribution in [1.29, 1.82) is 0 Å². The Bertz CT molecular complexity index is 763. The van der Waals surface area contributed by atoms with Crippen molar-refractivity contribution in [2.24, 2.45) is 5.73 Å². The number of hydrogen-bond donors (Lipinski definition) is 2. The highest BCUT2D eigenvalue weighted by molar-refractivity contribution is 7.92. The maximum Gasteiger partial charge on any atom is 0.242 e. The summed E-state index contributed by atoms with van der Waals surface area (Å²) in [4.78, 5) is -0.154. The molecule has 6 nitrogen and oxygen atoms in total. The standard InChI is InChI=1S/C11H14Cl2N2O4S2/c12-9-4-10(13)11(3-7(9)5-14)21(18,19)15-8-1-2-20(16,17)6-8/h3-4,8,15H,1-2,5-6,14H2. The second kappa shape index (κ2) is 6.02. The van der Waals surface area contributed by atoms with E-state index in [0.717, 1.165) is 0 Å². The van der Waals surface area contributed by atoms with Gasteiger partial charge in [0.2, 0.25) is 10.0 Å². The second-order valence-electron chi connectivity index (χ2n) is 4.80. The van der Waals surface area contributed by atoms with Crippen LogP contribution in [0.15, 0.2) is 17.0 Å².